The average molecular weight is 480 g/mol. The van der Waals surface area contributed by atoms with E-state index >= 15 is 0 Å². The maximum Gasteiger partial charge on any atom is 0.335 e. The molecule has 2 aromatic rings. The lowest BCUT2D eigenvalue weighted by atomic mass is 9.91. The molecule has 32 heavy (non-hydrogen) atoms. The highest BCUT2D eigenvalue weighted by Gasteiger charge is 2.25. The van der Waals surface area contributed by atoms with E-state index in [4.69, 9.17) is 16.3 Å². The Morgan fingerprint density at radius 3 is 2.19 bits per heavy atom. The van der Waals surface area contributed by atoms with Crippen LogP contribution in [0.25, 0.3) is 5.57 Å². The Balaban J connectivity index is 2.70. The van der Waals surface area contributed by atoms with Crippen molar-refractivity contribution in [2.45, 2.75) is 44.6 Å². The molecule has 0 radical (unpaired) electrons. The molecule has 0 bridgehead atoms. The fourth-order valence-corrected chi connectivity index (χ4v) is 4.66. The van der Waals surface area contributed by atoms with E-state index in [-0.39, 0.29) is 17.1 Å². The van der Waals surface area contributed by atoms with Crippen molar-refractivity contribution in [2.24, 2.45) is 0 Å². The molecule has 0 heterocycles. The predicted octanol–water partition coefficient (Wildman–Crippen LogP) is 4.26. The number of sulfonamides is 1. The Hall–Kier alpha value is -2.68. The smallest absolute Gasteiger partial charge is 0.335 e. The second-order valence-corrected chi connectivity index (χ2v) is 10.2. The monoisotopic (exact) mass is 479 g/mol. The molecule has 2 aromatic carbocycles. The summed E-state index contributed by atoms with van der Waals surface area (Å²) in [6, 6.07) is 12.5. The molecule has 0 aliphatic carbocycles. The summed E-state index contributed by atoms with van der Waals surface area (Å²) in [5.74, 6) is -1.97. The Kier molecular flexibility index (Phi) is 8.23. The van der Waals surface area contributed by atoms with Crippen molar-refractivity contribution in [1.29, 1.82) is 0 Å². The lowest BCUT2D eigenvalue weighted by Crippen LogP contribution is -2.40. The van der Waals surface area contributed by atoms with Crippen LogP contribution in [0.5, 0.6) is 0 Å². The van der Waals surface area contributed by atoms with Crippen molar-refractivity contribution < 1.29 is 27.9 Å². The van der Waals surface area contributed by atoms with Gasteiger partial charge in [-0.1, -0.05) is 35.9 Å². The minimum absolute atomic E-state index is 0.0394. The van der Waals surface area contributed by atoms with Gasteiger partial charge in [-0.3, -0.25) is 4.79 Å². The summed E-state index contributed by atoms with van der Waals surface area (Å²) in [4.78, 5) is 24.2. The number of carboxylic acids is 1. The van der Waals surface area contributed by atoms with E-state index in [1.165, 1.54) is 24.3 Å². The van der Waals surface area contributed by atoms with Gasteiger partial charge in [0.1, 0.15) is 0 Å². The Morgan fingerprint density at radius 1 is 1.06 bits per heavy atom. The van der Waals surface area contributed by atoms with Crippen LogP contribution in [0.4, 0.5) is 0 Å². The number of hydrogen-bond donors (Lipinski definition) is 2. The average Bonchev–Trinajstić information content (AvgIpc) is 2.66. The zero-order valence-corrected chi connectivity index (χ0v) is 19.9. The molecule has 0 saturated heterocycles. The second-order valence-electron chi connectivity index (χ2n) is 8.03. The van der Waals surface area contributed by atoms with Crippen LogP contribution in [0.2, 0.25) is 5.02 Å². The van der Waals surface area contributed by atoms with E-state index in [0.29, 0.717) is 21.7 Å². The SMILES string of the molecule is CCOC(=O)C(CC(=O)O)=C(c1ccc(S(=O)(=O)NC(C)(C)C)cc1)c1cccc(Cl)c1. The molecule has 2 N–H and O–H groups in total. The molecular formula is C23H26ClNO6S. The van der Waals surface area contributed by atoms with Gasteiger partial charge in [0, 0.05) is 10.6 Å². The molecule has 0 aliphatic rings. The largest absolute Gasteiger partial charge is 0.481 e. The summed E-state index contributed by atoms with van der Waals surface area (Å²) < 4.78 is 32.9. The van der Waals surface area contributed by atoms with E-state index in [0.717, 1.165) is 0 Å². The molecule has 0 unspecified atom stereocenters. The molecule has 0 atom stereocenters. The van der Waals surface area contributed by atoms with E-state index in [9.17, 15) is 23.1 Å². The van der Waals surface area contributed by atoms with Gasteiger partial charge < -0.3 is 9.84 Å². The number of ether oxygens (including phenoxy) is 1. The number of aliphatic carboxylic acids is 1. The number of hydrogen-bond acceptors (Lipinski definition) is 5. The zero-order valence-electron chi connectivity index (χ0n) is 18.3. The van der Waals surface area contributed by atoms with Gasteiger partial charge in [-0.05, 0) is 68.7 Å². The molecule has 0 aromatic heterocycles. The Labute approximate surface area is 193 Å². The van der Waals surface area contributed by atoms with Gasteiger partial charge in [0.15, 0.2) is 0 Å². The minimum Gasteiger partial charge on any atom is -0.481 e. The van der Waals surface area contributed by atoms with Crippen LogP contribution in [-0.2, 0) is 24.3 Å². The normalized spacial score (nSPS) is 12.8. The van der Waals surface area contributed by atoms with Gasteiger partial charge in [-0.25, -0.2) is 17.9 Å². The van der Waals surface area contributed by atoms with Gasteiger partial charge >= 0.3 is 11.9 Å². The van der Waals surface area contributed by atoms with Gasteiger partial charge in [-0.15, -0.1) is 0 Å². The van der Waals surface area contributed by atoms with Crippen LogP contribution in [-0.4, -0.2) is 37.6 Å². The minimum atomic E-state index is -3.77. The molecule has 7 nitrogen and oxygen atoms in total. The third kappa shape index (κ3) is 6.91. The summed E-state index contributed by atoms with van der Waals surface area (Å²) in [6.07, 6.45) is -0.577. The summed E-state index contributed by atoms with van der Waals surface area (Å²) in [6.45, 7) is 6.89. The first-order valence-electron chi connectivity index (χ1n) is 9.86. The number of carboxylic acid groups (broad SMARTS) is 1. The molecule has 0 spiro atoms. The lowest BCUT2D eigenvalue weighted by molar-refractivity contribution is -0.142. The van der Waals surface area contributed by atoms with Crippen molar-refractivity contribution in [1.82, 2.24) is 4.72 Å². The number of rotatable bonds is 8. The molecule has 172 valence electrons. The van der Waals surface area contributed by atoms with E-state index in [2.05, 4.69) is 4.72 Å². The molecule has 0 saturated carbocycles. The zero-order chi connectivity index (χ0) is 24.1. The summed E-state index contributed by atoms with van der Waals surface area (Å²) in [5, 5.41) is 9.80. The highest BCUT2D eigenvalue weighted by Crippen LogP contribution is 2.31. The molecule has 9 heteroatoms. The molecule has 0 amide bonds. The Bertz CT molecular complexity index is 1130. The maximum absolute atomic E-state index is 12.7. The number of nitrogens with one attached hydrogen (secondary N) is 1. The number of carbonyl (C=O) groups excluding carboxylic acids is 1. The Morgan fingerprint density at radius 2 is 1.69 bits per heavy atom. The van der Waals surface area contributed by atoms with E-state index < -0.39 is 33.9 Å². The van der Waals surface area contributed by atoms with Crippen molar-refractivity contribution in [2.75, 3.05) is 6.61 Å². The summed E-state index contributed by atoms with van der Waals surface area (Å²) in [7, 11) is -3.77. The van der Waals surface area contributed by atoms with Crippen LogP contribution in [0, 0.1) is 0 Å². The van der Waals surface area contributed by atoms with Crippen LogP contribution in [0.15, 0.2) is 59.0 Å². The van der Waals surface area contributed by atoms with Gasteiger partial charge in [-0.2, -0.15) is 0 Å². The molecular weight excluding hydrogens is 454 g/mol. The second kappa shape index (κ2) is 10.3. The van der Waals surface area contributed by atoms with Crippen molar-refractivity contribution in [3.63, 3.8) is 0 Å². The van der Waals surface area contributed by atoms with Crippen molar-refractivity contribution in [3.8, 4) is 0 Å². The molecule has 0 aliphatic heterocycles. The first-order valence-corrected chi connectivity index (χ1v) is 11.7. The summed E-state index contributed by atoms with van der Waals surface area (Å²) >= 11 is 6.13. The lowest BCUT2D eigenvalue weighted by Gasteiger charge is -2.20. The van der Waals surface area contributed by atoms with Crippen LogP contribution in [0.3, 0.4) is 0 Å². The predicted molar refractivity (Wildman–Crippen MR) is 123 cm³/mol. The third-order valence-electron chi connectivity index (χ3n) is 4.16. The number of esters is 1. The number of halogens is 1. The van der Waals surface area contributed by atoms with Gasteiger partial charge in [0.2, 0.25) is 10.0 Å². The highest BCUT2D eigenvalue weighted by atomic mass is 35.5. The quantitative estimate of drug-likeness (QED) is 0.432. The fraction of sp³-hybridized carbons (Fsp3) is 0.304. The van der Waals surface area contributed by atoms with Gasteiger partial charge in [0.05, 0.1) is 23.5 Å². The van der Waals surface area contributed by atoms with Gasteiger partial charge in [0.25, 0.3) is 0 Å². The van der Waals surface area contributed by atoms with Crippen molar-refractivity contribution >= 4 is 39.1 Å². The van der Waals surface area contributed by atoms with E-state index in [1.807, 2.05) is 0 Å². The standard InChI is InChI=1S/C23H26ClNO6S/c1-5-31-22(28)19(14-20(26)27)21(16-7-6-8-17(24)13-16)15-9-11-18(12-10-15)32(29,30)25-23(2,3)4/h6-13,25H,5,14H2,1-4H3,(H,26,27). The third-order valence-corrected chi connectivity index (χ3v) is 6.17. The molecule has 0 fully saturated rings. The van der Waals surface area contributed by atoms with Crippen LogP contribution < -0.4 is 4.72 Å². The van der Waals surface area contributed by atoms with Crippen molar-refractivity contribution in [3.05, 3.63) is 70.3 Å². The molecule has 2 rings (SSSR count). The van der Waals surface area contributed by atoms with Crippen LogP contribution >= 0.6 is 11.6 Å². The number of carbonyl (C=O) groups is 2. The fourth-order valence-electron chi connectivity index (χ4n) is 3.05. The topological polar surface area (TPSA) is 110 Å². The van der Waals surface area contributed by atoms with E-state index in [1.54, 1.807) is 52.0 Å². The first kappa shape index (κ1) is 25.6. The first-order chi connectivity index (χ1) is 14.8. The number of benzene rings is 2. The van der Waals surface area contributed by atoms with Crippen LogP contribution in [0.1, 0.15) is 45.2 Å². The summed E-state index contributed by atoms with van der Waals surface area (Å²) in [5.41, 5.74) is 0.532. The highest BCUT2D eigenvalue weighted by molar-refractivity contribution is 7.89. The maximum atomic E-state index is 12.7.